The molecule has 2 aromatic heterocycles. The molecule has 1 aromatic carbocycles. The molecule has 1 fully saturated rings. The third-order valence-corrected chi connectivity index (χ3v) is 4.75. The van der Waals surface area contributed by atoms with Gasteiger partial charge in [0.25, 0.3) is 5.89 Å². The first-order valence-corrected chi connectivity index (χ1v) is 9.12. The van der Waals surface area contributed by atoms with Gasteiger partial charge >= 0.3 is 0 Å². The van der Waals surface area contributed by atoms with Crippen LogP contribution < -0.4 is 4.74 Å². The average Bonchev–Trinajstić information content (AvgIpc) is 3.19. The smallest absolute Gasteiger partial charge is 0.257 e. The van der Waals surface area contributed by atoms with Gasteiger partial charge in [-0.2, -0.15) is 4.98 Å². The first-order valence-electron chi connectivity index (χ1n) is 9.12. The zero-order valence-electron chi connectivity index (χ0n) is 15.4. The summed E-state index contributed by atoms with van der Waals surface area (Å²) in [6, 6.07) is 13.7. The molecular weight excluding hydrogens is 342 g/mol. The van der Waals surface area contributed by atoms with Crippen molar-refractivity contribution in [1.29, 1.82) is 0 Å². The molecule has 0 atom stereocenters. The molecule has 0 spiro atoms. The molecule has 4 rings (SSSR count). The van der Waals surface area contributed by atoms with Crippen molar-refractivity contribution in [2.75, 3.05) is 33.3 Å². The fraction of sp³-hybridized carbons (Fsp3) is 0.350. The molecule has 0 unspecified atom stereocenters. The zero-order chi connectivity index (χ0) is 18.5. The number of aromatic nitrogens is 3. The normalized spacial score (nSPS) is 15.7. The molecule has 0 amide bonds. The molecule has 7 heteroatoms. The summed E-state index contributed by atoms with van der Waals surface area (Å²) in [7, 11) is 1.65. The second-order valence-corrected chi connectivity index (χ2v) is 6.62. The van der Waals surface area contributed by atoms with Crippen molar-refractivity contribution in [2.45, 2.75) is 13.1 Å². The van der Waals surface area contributed by atoms with Crippen molar-refractivity contribution in [1.82, 2.24) is 24.9 Å². The van der Waals surface area contributed by atoms with Crippen LogP contribution in [0.15, 0.2) is 53.2 Å². The van der Waals surface area contributed by atoms with Gasteiger partial charge in [-0.1, -0.05) is 11.2 Å². The highest BCUT2D eigenvalue weighted by molar-refractivity contribution is 5.54. The van der Waals surface area contributed by atoms with Crippen molar-refractivity contribution >= 4 is 0 Å². The number of rotatable bonds is 6. The molecule has 1 saturated heterocycles. The SMILES string of the molecule is COc1ccc(-c2nc(CN3CCN(Cc4ccccn4)CC3)no2)cc1. The van der Waals surface area contributed by atoms with Gasteiger partial charge in [0.05, 0.1) is 19.3 Å². The van der Waals surface area contributed by atoms with Crippen LogP contribution in [0.4, 0.5) is 0 Å². The van der Waals surface area contributed by atoms with E-state index in [1.165, 1.54) is 0 Å². The minimum Gasteiger partial charge on any atom is -0.497 e. The predicted molar refractivity (Wildman–Crippen MR) is 101 cm³/mol. The maximum absolute atomic E-state index is 5.42. The van der Waals surface area contributed by atoms with Crippen molar-refractivity contribution in [3.8, 4) is 17.2 Å². The average molecular weight is 365 g/mol. The van der Waals surface area contributed by atoms with Gasteiger partial charge in [0, 0.05) is 44.5 Å². The number of hydrogen-bond acceptors (Lipinski definition) is 7. The molecule has 0 aliphatic carbocycles. The number of benzene rings is 1. The Labute approximate surface area is 158 Å². The minimum atomic E-state index is 0.543. The standard InChI is InChI=1S/C20H23N5O2/c1-26-18-7-5-16(6-8-18)20-22-19(23-27-20)15-25-12-10-24(11-13-25)14-17-4-2-3-9-21-17/h2-9H,10-15H2,1H3. The molecule has 0 radical (unpaired) electrons. The van der Waals surface area contributed by atoms with Crippen LogP contribution in [0.5, 0.6) is 5.75 Å². The Morgan fingerprint density at radius 1 is 0.963 bits per heavy atom. The Morgan fingerprint density at radius 3 is 2.37 bits per heavy atom. The van der Waals surface area contributed by atoms with Gasteiger partial charge in [0.2, 0.25) is 0 Å². The van der Waals surface area contributed by atoms with Gasteiger partial charge < -0.3 is 9.26 Å². The molecule has 1 aliphatic rings. The highest BCUT2D eigenvalue weighted by Gasteiger charge is 2.19. The number of methoxy groups -OCH3 is 1. The molecule has 3 aromatic rings. The van der Waals surface area contributed by atoms with E-state index in [4.69, 9.17) is 9.26 Å². The van der Waals surface area contributed by atoms with Crippen LogP contribution in [-0.2, 0) is 13.1 Å². The van der Waals surface area contributed by atoms with Gasteiger partial charge in [-0.05, 0) is 36.4 Å². The molecule has 3 heterocycles. The lowest BCUT2D eigenvalue weighted by molar-refractivity contribution is 0.118. The molecule has 140 valence electrons. The summed E-state index contributed by atoms with van der Waals surface area (Å²) in [5.74, 6) is 2.07. The van der Waals surface area contributed by atoms with Crippen LogP contribution in [0, 0.1) is 0 Å². The summed E-state index contributed by atoms with van der Waals surface area (Å²) < 4.78 is 10.6. The van der Waals surface area contributed by atoms with Gasteiger partial charge in [-0.3, -0.25) is 14.8 Å². The van der Waals surface area contributed by atoms with Crippen LogP contribution in [-0.4, -0.2) is 58.2 Å². The summed E-state index contributed by atoms with van der Waals surface area (Å²) in [4.78, 5) is 13.7. The lowest BCUT2D eigenvalue weighted by atomic mass is 10.2. The maximum Gasteiger partial charge on any atom is 0.257 e. The van der Waals surface area contributed by atoms with Crippen LogP contribution in [0.2, 0.25) is 0 Å². The fourth-order valence-corrected chi connectivity index (χ4v) is 3.20. The minimum absolute atomic E-state index is 0.543. The van der Waals surface area contributed by atoms with E-state index in [-0.39, 0.29) is 0 Å². The summed E-state index contributed by atoms with van der Waals surface area (Å²) >= 11 is 0. The van der Waals surface area contributed by atoms with E-state index in [1.807, 2.05) is 42.6 Å². The Bertz CT molecular complexity index is 842. The van der Waals surface area contributed by atoms with E-state index in [0.29, 0.717) is 12.4 Å². The first-order chi connectivity index (χ1) is 13.3. The van der Waals surface area contributed by atoms with Crippen LogP contribution in [0.1, 0.15) is 11.5 Å². The summed E-state index contributed by atoms with van der Waals surface area (Å²) in [6.07, 6.45) is 1.85. The summed E-state index contributed by atoms with van der Waals surface area (Å²) in [6.45, 7) is 5.60. The predicted octanol–water partition coefficient (Wildman–Crippen LogP) is 2.46. The third-order valence-electron chi connectivity index (χ3n) is 4.75. The number of piperazine rings is 1. The molecule has 7 nitrogen and oxygen atoms in total. The Hall–Kier alpha value is -2.77. The second-order valence-electron chi connectivity index (χ2n) is 6.62. The van der Waals surface area contributed by atoms with E-state index in [2.05, 4.69) is 31.0 Å². The molecule has 27 heavy (non-hydrogen) atoms. The highest BCUT2D eigenvalue weighted by Crippen LogP contribution is 2.21. The monoisotopic (exact) mass is 365 g/mol. The quantitative estimate of drug-likeness (QED) is 0.665. The largest absolute Gasteiger partial charge is 0.497 e. The van der Waals surface area contributed by atoms with Gasteiger partial charge in [0.1, 0.15) is 5.75 Å². The second kappa shape index (κ2) is 8.28. The van der Waals surface area contributed by atoms with Crippen molar-refractivity contribution in [2.24, 2.45) is 0 Å². The van der Waals surface area contributed by atoms with Gasteiger partial charge in [-0.25, -0.2) is 0 Å². The Kier molecular flexibility index (Phi) is 5.41. The van der Waals surface area contributed by atoms with E-state index < -0.39 is 0 Å². The Balaban J connectivity index is 1.30. The van der Waals surface area contributed by atoms with E-state index in [9.17, 15) is 0 Å². The third kappa shape index (κ3) is 4.50. The lowest BCUT2D eigenvalue weighted by Crippen LogP contribution is -2.45. The molecule has 0 saturated carbocycles. The summed E-state index contributed by atoms with van der Waals surface area (Å²) in [5, 5.41) is 4.13. The highest BCUT2D eigenvalue weighted by atomic mass is 16.5. The molecule has 0 bridgehead atoms. The topological polar surface area (TPSA) is 67.5 Å². The zero-order valence-corrected chi connectivity index (χ0v) is 15.4. The van der Waals surface area contributed by atoms with Crippen LogP contribution in [0.3, 0.4) is 0 Å². The number of ether oxygens (including phenoxy) is 1. The van der Waals surface area contributed by atoms with E-state index in [0.717, 1.165) is 55.6 Å². The number of hydrogen-bond donors (Lipinski definition) is 0. The van der Waals surface area contributed by atoms with Gasteiger partial charge in [0.15, 0.2) is 5.82 Å². The Morgan fingerprint density at radius 2 is 1.70 bits per heavy atom. The van der Waals surface area contributed by atoms with Crippen molar-refractivity contribution < 1.29 is 9.26 Å². The number of nitrogens with zero attached hydrogens (tertiary/aromatic N) is 5. The van der Waals surface area contributed by atoms with E-state index in [1.54, 1.807) is 7.11 Å². The van der Waals surface area contributed by atoms with Crippen molar-refractivity contribution in [3.05, 3.63) is 60.2 Å². The van der Waals surface area contributed by atoms with Crippen molar-refractivity contribution in [3.63, 3.8) is 0 Å². The first kappa shape index (κ1) is 17.6. The van der Waals surface area contributed by atoms with E-state index >= 15 is 0 Å². The molecular formula is C20H23N5O2. The lowest BCUT2D eigenvalue weighted by Gasteiger charge is -2.33. The van der Waals surface area contributed by atoms with Crippen LogP contribution >= 0.6 is 0 Å². The number of pyridine rings is 1. The summed E-state index contributed by atoms with van der Waals surface area (Å²) in [5.41, 5.74) is 2.02. The maximum atomic E-state index is 5.42. The molecule has 1 aliphatic heterocycles. The van der Waals surface area contributed by atoms with Crippen LogP contribution in [0.25, 0.3) is 11.5 Å². The fourth-order valence-electron chi connectivity index (χ4n) is 3.20. The molecule has 0 N–H and O–H groups in total. The van der Waals surface area contributed by atoms with Gasteiger partial charge in [-0.15, -0.1) is 0 Å².